The van der Waals surface area contributed by atoms with E-state index in [-0.39, 0.29) is 11.7 Å². The number of nitrogens with zero attached hydrogens (tertiary/aromatic N) is 2. The highest BCUT2D eigenvalue weighted by molar-refractivity contribution is 5.94. The molecule has 1 aromatic rings. The Morgan fingerprint density at radius 3 is 2.72 bits per heavy atom. The van der Waals surface area contributed by atoms with Gasteiger partial charge in [-0.25, -0.2) is 0 Å². The Morgan fingerprint density at radius 1 is 1.44 bits per heavy atom. The van der Waals surface area contributed by atoms with Crippen LogP contribution in [0.4, 0.5) is 18.9 Å². The smallest absolute Gasteiger partial charge is 0.381 e. The second kappa shape index (κ2) is 4.97. The molecule has 0 unspecified atom stereocenters. The SMILES string of the molecule is O=C(Nc1cnn(C2CCOCC2)c1)C(F)(F)F. The number of hydrogen-bond donors (Lipinski definition) is 1. The lowest BCUT2D eigenvalue weighted by Gasteiger charge is -2.22. The first-order valence-corrected chi connectivity index (χ1v) is 5.47. The highest BCUT2D eigenvalue weighted by atomic mass is 19.4. The molecule has 5 nitrogen and oxygen atoms in total. The molecular formula is C10H12F3N3O2. The minimum atomic E-state index is -4.89. The molecule has 0 radical (unpaired) electrons. The van der Waals surface area contributed by atoms with Crippen molar-refractivity contribution >= 4 is 11.6 Å². The molecule has 0 spiro atoms. The van der Waals surface area contributed by atoms with Crippen LogP contribution < -0.4 is 5.32 Å². The summed E-state index contributed by atoms with van der Waals surface area (Å²) >= 11 is 0. The van der Waals surface area contributed by atoms with Gasteiger partial charge in [-0.3, -0.25) is 9.48 Å². The van der Waals surface area contributed by atoms with Gasteiger partial charge in [0.15, 0.2) is 0 Å². The molecule has 1 aliphatic rings. The molecule has 1 saturated heterocycles. The summed E-state index contributed by atoms with van der Waals surface area (Å²) < 4.78 is 42.9. The largest absolute Gasteiger partial charge is 0.471 e. The fraction of sp³-hybridized carbons (Fsp3) is 0.600. The van der Waals surface area contributed by atoms with Crippen molar-refractivity contribution in [2.75, 3.05) is 18.5 Å². The Hall–Kier alpha value is -1.57. The van der Waals surface area contributed by atoms with Crippen molar-refractivity contribution in [2.45, 2.75) is 25.1 Å². The van der Waals surface area contributed by atoms with Crippen LogP contribution in [0, 0.1) is 0 Å². The van der Waals surface area contributed by atoms with Crippen molar-refractivity contribution < 1.29 is 22.7 Å². The number of hydrogen-bond acceptors (Lipinski definition) is 3. The van der Waals surface area contributed by atoms with Crippen LogP contribution in [-0.4, -0.2) is 35.1 Å². The van der Waals surface area contributed by atoms with Crippen LogP contribution in [0.15, 0.2) is 12.4 Å². The second-order valence-corrected chi connectivity index (χ2v) is 4.00. The molecular weight excluding hydrogens is 251 g/mol. The van der Waals surface area contributed by atoms with Gasteiger partial charge in [-0.05, 0) is 12.8 Å². The molecule has 1 aliphatic heterocycles. The maximum absolute atomic E-state index is 12.0. The first-order valence-electron chi connectivity index (χ1n) is 5.47. The van der Waals surface area contributed by atoms with Crippen LogP contribution in [-0.2, 0) is 9.53 Å². The molecule has 0 aliphatic carbocycles. The van der Waals surface area contributed by atoms with Crippen LogP contribution in [0.25, 0.3) is 0 Å². The number of carbonyl (C=O) groups excluding carboxylic acids is 1. The third-order valence-corrected chi connectivity index (χ3v) is 2.68. The molecule has 0 bridgehead atoms. The molecule has 8 heteroatoms. The van der Waals surface area contributed by atoms with E-state index in [1.807, 2.05) is 0 Å². The quantitative estimate of drug-likeness (QED) is 0.884. The zero-order chi connectivity index (χ0) is 13.2. The van der Waals surface area contributed by atoms with E-state index in [1.165, 1.54) is 12.4 Å². The molecule has 18 heavy (non-hydrogen) atoms. The van der Waals surface area contributed by atoms with E-state index < -0.39 is 12.1 Å². The van der Waals surface area contributed by atoms with E-state index in [2.05, 4.69) is 5.10 Å². The van der Waals surface area contributed by atoms with Gasteiger partial charge in [-0.15, -0.1) is 0 Å². The third-order valence-electron chi connectivity index (χ3n) is 2.68. The Kier molecular flexibility index (Phi) is 3.55. The maximum atomic E-state index is 12.0. The molecule has 1 N–H and O–H groups in total. The van der Waals surface area contributed by atoms with Gasteiger partial charge < -0.3 is 10.1 Å². The number of aromatic nitrogens is 2. The lowest BCUT2D eigenvalue weighted by molar-refractivity contribution is -0.167. The molecule has 0 aromatic carbocycles. The molecule has 1 amide bonds. The first kappa shape index (κ1) is 12.9. The molecule has 2 rings (SSSR count). The number of halogens is 3. The molecule has 1 aromatic heterocycles. The maximum Gasteiger partial charge on any atom is 0.471 e. The van der Waals surface area contributed by atoms with E-state index in [9.17, 15) is 18.0 Å². The van der Waals surface area contributed by atoms with Crippen molar-refractivity contribution in [3.8, 4) is 0 Å². The number of anilines is 1. The topological polar surface area (TPSA) is 56.2 Å². The summed E-state index contributed by atoms with van der Waals surface area (Å²) in [5.41, 5.74) is 0.0452. The lowest BCUT2D eigenvalue weighted by Crippen LogP contribution is -2.29. The number of amides is 1. The van der Waals surface area contributed by atoms with Gasteiger partial charge in [-0.1, -0.05) is 0 Å². The van der Waals surface area contributed by atoms with E-state index in [1.54, 1.807) is 10.00 Å². The van der Waals surface area contributed by atoms with Gasteiger partial charge in [0.25, 0.3) is 0 Å². The Balaban J connectivity index is 1.99. The summed E-state index contributed by atoms with van der Waals surface area (Å²) in [6.45, 7) is 1.21. The van der Waals surface area contributed by atoms with Crippen molar-refractivity contribution in [1.29, 1.82) is 0 Å². The highest BCUT2D eigenvalue weighted by Gasteiger charge is 2.38. The Labute approximate surface area is 101 Å². The van der Waals surface area contributed by atoms with Crippen molar-refractivity contribution in [3.63, 3.8) is 0 Å². The fourth-order valence-corrected chi connectivity index (χ4v) is 1.75. The number of nitrogens with one attached hydrogen (secondary N) is 1. The summed E-state index contributed by atoms with van der Waals surface area (Å²) in [4.78, 5) is 10.7. The minimum absolute atomic E-state index is 0.0452. The number of rotatable bonds is 2. The van der Waals surface area contributed by atoms with Gasteiger partial charge in [0, 0.05) is 19.4 Å². The van der Waals surface area contributed by atoms with Gasteiger partial charge >= 0.3 is 12.1 Å². The fourth-order valence-electron chi connectivity index (χ4n) is 1.75. The standard InChI is InChI=1S/C10H12F3N3O2/c11-10(12,13)9(17)15-7-5-14-16(6-7)8-1-3-18-4-2-8/h5-6,8H,1-4H2,(H,15,17). The monoisotopic (exact) mass is 263 g/mol. The molecule has 100 valence electrons. The van der Waals surface area contributed by atoms with Gasteiger partial charge in [0.05, 0.1) is 17.9 Å². The van der Waals surface area contributed by atoms with Crippen molar-refractivity contribution in [2.24, 2.45) is 0 Å². The van der Waals surface area contributed by atoms with Crippen LogP contribution in [0.2, 0.25) is 0 Å². The highest BCUT2D eigenvalue weighted by Crippen LogP contribution is 2.22. The Morgan fingerprint density at radius 2 is 2.11 bits per heavy atom. The predicted molar refractivity (Wildman–Crippen MR) is 56.0 cm³/mol. The van der Waals surface area contributed by atoms with Gasteiger partial charge in [-0.2, -0.15) is 18.3 Å². The lowest BCUT2D eigenvalue weighted by atomic mass is 10.1. The summed E-state index contributed by atoms with van der Waals surface area (Å²) in [5.74, 6) is -1.99. The second-order valence-electron chi connectivity index (χ2n) is 4.00. The van der Waals surface area contributed by atoms with Crippen LogP contribution in [0.3, 0.4) is 0 Å². The summed E-state index contributed by atoms with van der Waals surface area (Å²) in [6, 6.07) is 0.107. The molecule has 0 saturated carbocycles. The average Bonchev–Trinajstić information content (AvgIpc) is 2.77. The number of alkyl halides is 3. The third kappa shape index (κ3) is 3.00. The van der Waals surface area contributed by atoms with Crippen LogP contribution in [0.5, 0.6) is 0 Å². The number of ether oxygens (including phenoxy) is 1. The number of carbonyl (C=O) groups is 1. The molecule has 1 fully saturated rings. The van der Waals surface area contributed by atoms with Crippen molar-refractivity contribution in [3.05, 3.63) is 12.4 Å². The van der Waals surface area contributed by atoms with Gasteiger partial charge in [0.2, 0.25) is 0 Å². The van der Waals surface area contributed by atoms with E-state index in [0.717, 1.165) is 12.8 Å². The molecule has 2 heterocycles. The Bertz CT molecular complexity index is 424. The van der Waals surface area contributed by atoms with Crippen LogP contribution >= 0.6 is 0 Å². The van der Waals surface area contributed by atoms with Gasteiger partial charge in [0.1, 0.15) is 0 Å². The zero-order valence-electron chi connectivity index (χ0n) is 9.41. The summed E-state index contributed by atoms with van der Waals surface area (Å²) in [6.07, 6.45) is -0.762. The van der Waals surface area contributed by atoms with E-state index >= 15 is 0 Å². The van der Waals surface area contributed by atoms with E-state index in [4.69, 9.17) is 4.74 Å². The average molecular weight is 263 g/mol. The van der Waals surface area contributed by atoms with Crippen molar-refractivity contribution in [1.82, 2.24) is 9.78 Å². The van der Waals surface area contributed by atoms with Crippen LogP contribution in [0.1, 0.15) is 18.9 Å². The molecule has 0 atom stereocenters. The normalized spacial score (nSPS) is 17.7. The summed E-state index contributed by atoms with van der Waals surface area (Å²) in [5, 5.41) is 5.72. The minimum Gasteiger partial charge on any atom is -0.381 e. The van der Waals surface area contributed by atoms with E-state index in [0.29, 0.717) is 13.2 Å². The first-order chi connectivity index (χ1) is 8.47. The predicted octanol–water partition coefficient (Wildman–Crippen LogP) is 1.74. The summed E-state index contributed by atoms with van der Waals surface area (Å²) in [7, 11) is 0. The zero-order valence-corrected chi connectivity index (χ0v) is 9.41.